The highest BCUT2D eigenvalue weighted by atomic mass is 16.5. The molecule has 3 aromatic rings. The highest BCUT2D eigenvalue weighted by Gasteiger charge is 2.20. The zero-order chi connectivity index (χ0) is 16.9. The fourth-order valence-electron chi connectivity index (χ4n) is 2.66. The smallest absolute Gasteiger partial charge is 0.229 e. The molecule has 0 bridgehead atoms. The molecule has 0 fully saturated rings. The number of hydrogen-bond acceptors (Lipinski definition) is 3. The molecule has 0 aliphatic heterocycles. The maximum atomic E-state index is 12.6. The van der Waals surface area contributed by atoms with Gasteiger partial charge in [-0.1, -0.05) is 65.8 Å². The van der Waals surface area contributed by atoms with Crippen LogP contribution in [0.4, 0.5) is 0 Å². The molecule has 1 atom stereocenters. The quantitative estimate of drug-likeness (QED) is 0.711. The molecule has 4 heteroatoms. The summed E-state index contributed by atoms with van der Waals surface area (Å²) in [5.74, 6) is 0.538. The van der Waals surface area contributed by atoms with Gasteiger partial charge in [-0.2, -0.15) is 0 Å². The van der Waals surface area contributed by atoms with E-state index in [1.54, 1.807) is 11.9 Å². The molecule has 0 aliphatic rings. The van der Waals surface area contributed by atoms with E-state index in [0.717, 1.165) is 16.8 Å². The summed E-state index contributed by atoms with van der Waals surface area (Å²) in [4.78, 5) is 14.3. The van der Waals surface area contributed by atoms with Crippen molar-refractivity contribution in [3.63, 3.8) is 0 Å². The van der Waals surface area contributed by atoms with Gasteiger partial charge in [-0.25, -0.2) is 0 Å². The molecular formula is C20H20N2O2. The van der Waals surface area contributed by atoms with Gasteiger partial charge < -0.3 is 9.42 Å². The van der Waals surface area contributed by atoms with Crippen LogP contribution in [0, 0.1) is 0 Å². The maximum absolute atomic E-state index is 12.6. The van der Waals surface area contributed by atoms with E-state index in [2.05, 4.69) is 5.16 Å². The monoisotopic (exact) mass is 320 g/mol. The van der Waals surface area contributed by atoms with Gasteiger partial charge in [0.25, 0.3) is 0 Å². The van der Waals surface area contributed by atoms with Gasteiger partial charge in [0.15, 0.2) is 5.76 Å². The summed E-state index contributed by atoms with van der Waals surface area (Å²) in [6, 6.07) is 21.5. The summed E-state index contributed by atoms with van der Waals surface area (Å²) in [5, 5.41) is 4.09. The molecule has 2 aromatic carbocycles. The summed E-state index contributed by atoms with van der Waals surface area (Å²) in [6.07, 6.45) is 0. The molecule has 4 nitrogen and oxygen atoms in total. The Kier molecular flexibility index (Phi) is 4.75. The number of amides is 1. The van der Waals surface area contributed by atoms with Crippen LogP contribution in [0.3, 0.4) is 0 Å². The van der Waals surface area contributed by atoms with Crippen molar-refractivity contribution in [2.45, 2.75) is 19.4 Å². The summed E-state index contributed by atoms with van der Waals surface area (Å²) < 4.78 is 5.38. The maximum Gasteiger partial charge on any atom is 0.229 e. The van der Waals surface area contributed by atoms with E-state index in [-0.39, 0.29) is 11.8 Å². The Labute approximate surface area is 141 Å². The molecule has 0 N–H and O–H groups in total. The Morgan fingerprint density at radius 1 is 1.08 bits per heavy atom. The fourth-order valence-corrected chi connectivity index (χ4v) is 2.66. The highest BCUT2D eigenvalue weighted by molar-refractivity contribution is 5.83. The number of rotatable bonds is 5. The molecule has 122 valence electrons. The van der Waals surface area contributed by atoms with Crippen LogP contribution in [0.15, 0.2) is 71.3 Å². The van der Waals surface area contributed by atoms with Crippen molar-refractivity contribution in [3.8, 4) is 11.3 Å². The van der Waals surface area contributed by atoms with Crippen LogP contribution in [-0.4, -0.2) is 23.0 Å². The molecule has 24 heavy (non-hydrogen) atoms. The lowest BCUT2D eigenvalue weighted by Crippen LogP contribution is -2.30. The molecule has 1 amide bonds. The van der Waals surface area contributed by atoms with Gasteiger partial charge in [-0.15, -0.1) is 0 Å². The van der Waals surface area contributed by atoms with Crippen molar-refractivity contribution < 1.29 is 9.32 Å². The van der Waals surface area contributed by atoms with E-state index < -0.39 is 0 Å². The second-order valence-corrected chi connectivity index (χ2v) is 5.87. The second-order valence-electron chi connectivity index (χ2n) is 5.87. The van der Waals surface area contributed by atoms with Gasteiger partial charge in [0.2, 0.25) is 5.91 Å². The van der Waals surface area contributed by atoms with Crippen molar-refractivity contribution >= 4 is 5.91 Å². The molecule has 3 rings (SSSR count). The lowest BCUT2D eigenvalue weighted by atomic mass is 10.00. The lowest BCUT2D eigenvalue weighted by molar-refractivity contribution is -0.131. The zero-order valence-electron chi connectivity index (χ0n) is 13.8. The number of carbonyl (C=O) groups is 1. The van der Waals surface area contributed by atoms with Gasteiger partial charge >= 0.3 is 0 Å². The Hall–Kier alpha value is -2.88. The van der Waals surface area contributed by atoms with Crippen LogP contribution in [0.25, 0.3) is 11.3 Å². The summed E-state index contributed by atoms with van der Waals surface area (Å²) in [7, 11) is 1.78. The lowest BCUT2D eigenvalue weighted by Gasteiger charge is -2.20. The van der Waals surface area contributed by atoms with Gasteiger partial charge in [-0.3, -0.25) is 4.79 Å². The van der Waals surface area contributed by atoms with Crippen molar-refractivity contribution in [2.75, 3.05) is 7.05 Å². The third-order valence-electron chi connectivity index (χ3n) is 4.07. The first-order chi connectivity index (χ1) is 11.6. The Morgan fingerprint density at radius 2 is 1.71 bits per heavy atom. The van der Waals surface area contributed by atoms with Crippen LogP contribution in [0.1, 0.15) is 24.2 Å². The van der Waals surface area contributed by atoms with Crippen molar-refractivity contribution in [2.24, 2.45) is 0 Å². The average molecular weight is 320 g/mol. The molecule has 0 radical (unpaired) electrons. The third-order valence-corrected chi connectivity index (χ3v) is 4.07. The molecule has 1 unspecified atom stereocenters. The van der Waals surface area contributed by atoms with Crippen LogP contribution in [0.5, 0.6) is 0 Å². The van der Waals surface area contributed by atoms with Gasteiger partial charge in [0.1, 0.15) is 5.69 Å². The minimum Gasteiger partial charge on any atom is -0.359 e. The molecule has 1 heterocycles. The van der Waals surface area contributed by atoms with Crippen molar-refractivity contribution in [1.29, 1.82) is 0 Å². The Balaban J connectivity index is 1.68. The number of likely N-dealkylation sites (N-methyl/N-ethyl adjacent to an activating group) is 1. The topological polar surface area (TPSA) is 46.3 Å². The molecular weight excluding hydrogens is 300 g/mol. The number of benzene rings is 2. The summed E-state index contributed by atoms with van der Waals surface area (Å²) in [5.41, 5.74) is 2.79. The van der Waals surface area contributed by atoms with Gasteiger partial charge in [0.05, 0.1) is 12.5 Å². The van der Waals surface area contributed by atoms with E-state index in [4.69, 9.17) is 4.52 Å². The molecule has 1 aromatic heterocycles. The number of hydrogen-bond donors (Lipinski definition) is 0. The molecule has 0 saturated carbocycles. The first kappa shape index (κ1) is 16.0. The van der Waals surface area contributed by atoms with Crippen LogP contribution in [0.2, 0.25) is 0 Å². The molecule has 0 aliphatic carbocycles. The second kappa shape index (κ2) is 7.13. The normalized spacial score (nSPS) is 11.9. The summed E-state index contributed by atoms with van der Waals surface area (Å²) in [6.45, 7) is 2.32. The number of carbonyl (C=O) groups excluding carboxylic acids is 1. The average Bonchev–Trinajstić information content (AvgIpc) is 3.10. The number of nitrogens with zero attached hydrogens (tertiary/aromatic N) is 2. The van der Waals surface area contributed by atoms with Gasteiger partial charge in [0, 0.05) is 18.7 Å². The predicted octanol–water partition coefficient (Wildman–Crippen LogP) is 4.10. The Morgan fingerprint density at radius 3 is 2.38 bits per heavy atom. The zero-order valence-corrected chi connectivity index (χ0v) is 13.8. The van der Waals surface area contributed by atoms with Crippen LogP contribution >= 0.6 is 0 Å². The van der Waals surface area contributed by atoms with E-state index in [1.165, 1.54) is 0 Å². The Bertz CT molecular complexity index is 797. The highest BCUT2D eigenvalue weighted by Crippen LogP contribution is 2.21. The minimum atomic E-state index is -0.187. The number of aromatic nitrogens is 1. The predicted molar refractivity (Wildman–Crippen MR) is 93.3 cm³/mol. The minimum absolute atomic E-state index is 0.0545. The SMILES string of the molecule is CC(C(=O)N(C)Cc1cc(-c2ccccc2)no1)c1ccccc1. The van der Waals surface area contributed by atoms with E-state index in [0.29, 0.717) is 12.3 Å². The van der Waals surface area contributed by atoms with E-state index >= 15 is 0 Å². The summed E-state index contributed by atoms with van der Waals surface area (Å²) >= 11 is 0. The van der Waals surface area contributed by atoms with E-state index in [1.807, 2.05) is 73.7 Å². The third kappa shape index (κ3) is 3.54. The molecule has 0 spiro atoms. The molecule has 0 saturated heterocycles. The fraction of sp³-hybridized carbons (Fsp3) is 0.200. The standard InChI is InChI=1S/C20H20N2O2/c1-15(16-9-5-3-6-10-16)20(23)22(2)14-18-13-19(21-24-18)17-11-7-4-8-12-17/h3-13,15H,14H2,1-2H3. The van der Waals surface area contributed by atoms with Crippen LogP contribution in [-0.2, 0) is 11.3 Å². The first-order valence-corrected chi connectivity index (χ1v) is 7.96. The van der Waals surface area contributed by atoms with Crippen LogP contribution < -0.4 is 0 Å². The van der Waals surface area contributed by atoms with E-state index in [9.17, 15) is 4.79 Å². The van der Waals surface area contributed by atoms with Crippen molar-refractivity contribution in [3.05, 3.63) is 78.1 Å². The van der Waals surface area contributed by atoms with Crippen molar-refractivity contribution in [1.82, 2.24) is 10.1 Å². The first-order valence-electron chi connectivity index (χ1n) is 7.96. The largest absolute Gasteiger partial charge is 0.359 e. The van der Waals surface area contributed by atoms with Gasteiger partial charge in [-0.05, 0) is 12.5 Å².